The highest BCUT2D eigenvalue weighted by atomic mass is 32.1. The summed E-state index contributed by atoms with van der Waals surface area (Å²) in [6.45, 7) is 1.79. The van der Waals surface area contributed by atoms with Crippen molar-refractivity contribution in [3.8, 4) is 0 Å². The Labute approximate surface area is 88.5 Å². The zero-order chi connectivity index (χ0) is 9.80. The van der Waals surface area contributed by atoms with Crippen LogP contribution >= 0.6 is 11.3 Å². The minimum atomic E-state index is 0.420. The van der Waals surface area contributed by atoms with Gasteiger partial charge in [-0.25, -0.2) is 4.98 Å². The van der Waals surface area contributed by atoms with E-state index in [1.807, 2.05) is 7.05 Å². The van der Waals surface area contributed by atoms with Gasteiger partial charge in [0.15, 0.2) is 0 Å². The number of rotatable bonds is 4. The maximum absolute atomic E-state index is 5.58. The van der Waals surface area contributed by atoms with Crippen LogP contribution in [0, 0.1) is 0 Å². The summed E-state index contributed by atoms with van der Waals surface area (Å²) in [6.07, 6.45) is 3.82. The zero-order valence-electron chi connectivity index (χ0n) is 8.45. The zero-order valence-corrected chi connectivity index (χ0v) is 9.27. The van der Waals surface area contributed by atoms with Crippen molar-refractivity contribution in [3.05, 3.63) is 16.1 Å². The van der Waals surface area contributed by atoms with Crippen LogP contribution in [0.1, 0.15) is 23.5 Å². The van der Waals surface area contributed by atoms with E-state index >= 15 is 0 Å². The van der Waals surface area contributed by atoms with Gasteiger partial charge in [-0.3, -0.25) is 0 Å². The Morgan fingerprint density at radius 1 is 1.71 bits per heavy atom. The van der Waals surface area contributed by atoms with Crippen LogP contribution in [-0.4, -0.2) is 24.7 Å². The number of aromatic nitrogens is 1. The minimum absolute atomic E-state index is 0.420. The molecule has 1 fully saturated rings. The van der Waals surface area contributed by atoms with E-state index in [2.05, 4.69) is 15.7 Å². The average molecular weight is 212 g/mol. The van der Waals surface area contributed by atoms with Gasteiger partial charge in [-0.05, 0) is 19.9 Å². The van der Waals surface area contributed by atoms with Gasteiger partial charge in [0.2, 0.25) is 0 Å². The number of nitrogens with zero attached hydrogens (tertiary/aromatic N) is 1. The molecule has 2 rings (SSSR count). The Bertz CT molecular complexity index is 281. The third-order valence-corrected chi connectivity index (χ3v) is 3.30. The van der Waals surface area contributed by atoms with E-state index in [0.29, 0.717) is 6.10 Å². The Hall–Kier alpha value is -0.450. The summed E-state index contributed by atoms with van der Waals surface area (Å²) < 4.78 is 5.58. The molecule has 1 saturated heterocycles. The van der Waals surface area contributed by atoms with Crippen molar-refractivity contribution in [2.24, 2.45) is 0 Å². The second kappa shape index (κ2) is 4.87. The molecule has 0 spiro atoms. The molecule has 14 heavy (non-hydrogen) atoms. The summed E-state index contributed by atoms with van der Waals surface area (Å²) in [6, 6.07) is 0. The molecule has 1 aliphatic heterocycles. The summed E-state index contributed by atoms with van der Waals surface area (Å²) in [5.41, 5.74) is 1.14. The third-order valence-electron chi connectivity index (χ3n) is 2.38. The molecule has 0 radical (unpaired) electrons. The number of thiazole rings is 1. The van der Waals surface area contributed by atoms with Gasteiger partial charge in [-0.15, -0.1) is 11.3 Å². The van der Waals surface area contributed by atoms with Crippen LogP contribution in [0.5, 0.6) is 0 Å². The Morgan fingerprint density at radius 3 is 3.36 bits per heavy atom. The molecule has 0 amide bonds. The van der Waals surface area contributed by atoms with E-state index in [4.69, 9.17) is 4.74 Å². The molecule has 3 nitrogen and oxygen atoms in total. The molecule has 1 N–H and O–H groups in total. The lowest BCUT2D eigenvalue weighted by Gasteiger charge is -2.05. The molecule has 0 aliphatic carbocycles. The number of hydrogen-bond donors (Lipinski definition) is 1. The monoisotopic (exact) mass is 212 g/mol. The lowest BCUT2D eigenvalue weighted by atomic mass is 10.2. The molecule has 1 aliphatic rings. The highest BCUT2D eigenvalue weighted by Gasteiger charge is 2.17. The number of nitrogens with one attached hydrogen (secondary N) is 1. The molecular weight excluding hydrogens is 196 g/mol. The van der Waals surface area contributed by atoms with Gasteiger partial charge >= 0.3 is 0 Å². The van der Waals surface area contributed by atoms with Crippen LogP contribution in [-0.2, 0) is 17.7 Å². The van der Waals surface area contributed by atoms with Crippen LogP contribution in [0.25, 0.3) is 0 Å². The summed E-state index contributed by atoms with van der Waals surface area (Å²) in [7, 11) is 1.94. The standard InChI is InChI=1S/C10H16N2OS/c1-11-6-8-7-14-10(12-8)5-9-3-2-4-13-9/h7,9,11H,2-6H2,1H3. The molecule has 1 unspecified atom stereocenters. The van der Waals surface area contributed by atoms with E-state index in [-0.39, 0.29) is 0 Å². The van der Waals surface area contributed by atoms with Crippen molar-refractivity contribution < 1.29 is 4.74 Å². The molecule has 2 heterocycles. The van der Waals surface area contributed by atoms with Gasteiger partial charge in [-0.1, -0.05) is 0 Å². The summed E-state index contributed by atoms with van der Waals surface area (Å²) in [5.74, 6) is 0. The van der Waals surface area contributed by atoms with Crippen LogP contribution in [0.15, 0.2) is 5.38 Å². The third kappa shape index (κ3) is 2.53. The van der Waals surface area contributed by atoms with Crippen molar-refractivity contribution in [2.75, 3.05) is 13.7 Å². The van der Waals surface area contributed by atoms with Crippen molar-refractivity contribution in [1.82, 2.24) is 10.3 Å². The normalized spacial score (nSPS) is 21.6. The average Bonchev–Trinajstić information content (AvgIpc) is 2.79. The molecule has 1 aromatic heterocycles. The predicted octanol–water partition coefficient (Wildman–Crippen LogP) is 1.58. The fourth-order valence-corrected chi connectivity index (χ4v) is 2.57. The summed E-state index contributed by atoms with van der Waals surface area (Å²) in [5, 5.41) is 6.44. The van der Waals surface area contributed by atoms with Crippen molar-refractivity contribution in [2.45, 2.75) is 31.9 Å². The minimum Gasteiger partial charge on any atom is -0.378 e. The smallest absolute Gasteiger partial charge is 0.0954 e. The number of ether oxygens (including phenoxy) is 1. The first-order chi connectivity index (χ1) is 6.88. The first-order valence-corrected chi connectivity index (χ1v) is 5.96. The maximum Gasteiger partial charge on any atom is 0.0954 e. The lowest BCUT2D eigenvalue weighted by Crippen LogP contribution is -2.09. The van der Waals surface area contributed by atoms with Crippen molar-refractivity contribution in [1.29, 1.82) is 0 Å². The predicted molar refractivity (Wildman–Crippen MR) is 57.6 cm³/mol. The van der Waals surface area contributed by atoms with Crippen LogP contribution in [0.3, 0.4) is 0 Å². The second-order valence-corrected chi connectivity index (χ2v) is 4.54. The van der Waals surface area contributed by atoms with Gasteiger partial charge in [-0.2, -0.15) is 0 Å². The van der Waals surface area contributed by atoms with E-state index in [1.165, 1.54) is 17.8 Å². The van der Waals surface area contributed by atoms with Crippen LogP contribution in [0.2, 0.25) is 0 Å². The fourth-order valence-electron chi connectivity index (χ4n) is 1.71. The van der Waals surface area contributed by atoms with Crippen molar-refractivity contribution >= 4 is 11.3 Å². The first-order valence-electron chi connectivity index (χ1n) is 5.08. The Kier molecular flexibility index (Phi) is 3.50. The van der Waals surface area contributed by atoms with Gasteiger partial charge in [0.25, 0.3) is 0 Å². The molecule has 4 heteroatoms. The van der Waals surface area contributed by atoms with Gasteiger partial charge < -0.3 is 10.1 Å². The molecule has 1 aromatic rings. The molecular formula is C10H16N2OS. The second-order valence-electron chi connectivity index (χ2n) is 3.60. The highest BCUT2D eigenvalue weighted by molar-refractivity contribution is 7.09. The first kappa shape index (κ1) is 10.1. The van der Waals surface area contributed by atoms with Gasteiger partial charge in [0, 0.05) is 25.0 Å². The van der Waals surface area contributed by atoms with Crippen LogP contribution in [0.4, 0.5) is 0 Å². The van der Waals surface area contributed by atoms with Crippen molar-refractivity contribution in [3.63, 3.8) is 0 Å². The summed E-state index contributed by atoms with van der Waals surface area (Å²) in [4.78, 5) is 4.54. The fraction of sp³-hybridized carbons (Fsp3) is 0.700. The SMILES string of the molecule is CNCc1csc(CC2CCCO2)n1. The molecule has 0 aromatic carbocycles. The van der Waals surface area contributed by atoms with Gasteiger partial charge in [0.1, 0.15) is 0 Å². The number of hydrogen-bond acceptors (Lipinski definition) is 4. The Balaban J connectivity index is 1.88. The van der Waals surface area contributed by atoms with E-state index in [0.717, 1.165) is 25.3 Å². The topological polar surface area (TPSA) is 34.1 Å². The highest BCUT2D eigenvalue weighted by Crippen LogP contribution is 2.19. The van der Waals surface area contributed by atoms with Crippen LogP contribution < -0.4 is 5.32 Å². The largest absolute Gasteiger partial charge is 0.378 e. The summed E-state index contributed by atoms with van der Waals surface area (Å²) >= 11 is 1.75. The van der Waals surface area contributed by atoms with Gasteiger partial charge in [0.05, 0.1) is 16.8 Å². The van der Waals surface area contributed by atoms with E-state index < -0.39 is 0 Å². The quantitative estimate of drug-likeness (QED) is 0.823. The van der Waals surface area contributed by atoms with E-state index in [9.17, 15) is 0 Å². The molecule has 0 saturated carbocycles. The Morgan fingerprint density at radius 2 is 2.64 bits per heavy atom. The maximum atomic E-state index is 5.58. The van der Waals surface area contributed by atoms with E-state index in [1.54, 1.807) is 11.3 Å². The molecule has 1 atom stereocenters. The molecule has 78 valence electrons. The molecule has 0 bridgehead atoms. The lowest BCUT2D eigenvalue weighted by molar-refractivity contribution is 0.111.